The van der Waals surface area contributed by atoms with E-state index in [0.717, 1.165) is 16.7 Å². The highest BCUT2D eigenvalue weighted by molar-refractivity contribution is 14.0. The standard InChI is InChI=1S/C19H25F3N4O3S.HI/c1-23-18(25(2)13-16-11-15-5-3-4-6-17(15)29-16)24-12-14-7-9-26(10-8-14)30(27,28)19(20,21)22;/h3-6,11,14H,7-10,12-13H2,1-2H3,(H,23,24);1H. The minimum absolute atomic E-state index is 0. The zero-order valence-corrected chi connectivity index (χ0v) is 20.4. The molecule has 0 atom stereocenters. The predicted octanol–water partition coefficient (Wildman–Crippen LogP) is 3.62. The van der Waals surface area contributed by atoms with Crippen LogP contribution < -0.4 is 5.32 Å². The molecule has 2 aromatic rings. The van der Waals surface area contributed by atoms with Crippen molar-refractivity contribution in [1.29, 1.82) is 0 Å². The third-order valence-corrected chi connectivity index (χ3v) is 6.83. The van der Waals surface area contributed by atoms with Gasteiger partial charge in [-0.05, 0) is 30.9 Å². The Labute approximate surface area is 196 Å². The number of furan rings is 1. The minimum Gasteiger partial charge on any atom is -0.459 e. The summed E-state index contributed by atoms with van der Waals surface area (Å²) in [6, 6.07) is 9.69. The van der Waals surface area contributed by atoms with E-state index >= 15 is 0 Å². The molecule has 174 valence electrons. The number of fused-ring (bicyclic) bond motifs is 1. The van der Waals surface area contributed by atoms with Gasteiger partial charge < -0.3 is 14.6 Å². The van der Waals surface area contributed by atoms with Gasteiger partial charge >= 0.3 is 15.5 Å². The fourth-order valence-corrected chi connectivity index (χ4v) is 4.53. The summed E-state index contributed by atoms with van der Waals surface area (Å²) in [4.78, 5) is 6.13. The van der Waals surface area contributed by atoms with E-state index in [1.807, 2.05) is 42.3 Å². The third-order valence-electron chi connectivity index (χ3n) is 5.20. The van der Waals surface area contributed by atoms with Gasteiger partial charge in [0, 0.05) is 39.1 Å². The van der Waals surface area contributed by atoms with Crippen LogP contribution in [0.25, 0.3) is 11.0 Å². The van der Waals surface area contributed by atoms with E-state index in [2.05, 4.69) is 10.3 Å². The van der Waals surface area contributed by atoms with Crippen LogP contribution in [-0.4, -0.2) is 62.8 Å². The molecule has 0 bridgehead atoms. The van der Waals surface area contributed by atoms with E-state index < -0.39 is 15.5 Å². The summed E-state index contributed by atoms with van der Waals surface area (Å²) in [5.41, 5.74) is -4.44. The summed E-state index contributed by atoms with van der Waals surface area (Å²) >= 11 is 0. The van der Waals surface area contributed by atoms with Gasteiger partial charge in [-0.15, -0.1) is 24.0 Å². The number of para-hydroxylation sites is 1. The van der Waals surface area contributed by atoms with E-state index in [1.54, 1.807) is 7.05 Å². The first-order chi connectivity index (χ1) is 14.1. The average Bonchev–Trinajstić information content (AvgIpc) is 3.10. The number of hydrogen-bond acceptors (Lipinski definition) is 4. The van der Waals surface area contributed by atoms with Crippen molar-refractivity contribution in [2.45, 2.75) is 24.9 Å². The molecule has 1 N–H and O–H groups in total. The Hall–Kier alpha value is -1.54. The van der Waals surface area contributed by atoms with Crippen molar-refractivity contribution in [2.24, 2.45) is 10.9 Å². The largest absolute Gasteiger partial charge is 0.511 e. The average molecular weight is 574 g/mol. The molecule has 1 aliphatic rings. The first kappa shape index (κ1) is 25.7. The maximum atomic E-state index is 12.7. The SMILES string of the molecule is CN=C(NCC1CCN(S(=O)(=O)C(F)(F)F)CC1)N(C)Cc1cc2ccccc2o1.I. The second kappa shape index (κ2) is 10.4. The van der Waals surface area contributed by atoms with Gasteiger partial charge in [0.15, 0.2) is 5.96 Å². The van der Waals surface area contributed by atoms with E-state index in [1.165, 1.54) is 0 Å². The Morgan fingerprint density at radius 2 is 1.94 bits per heavy atom. The van der Waals surface area contributed by atoms with Crippen molar-refractivity contribution < 1.29 is 26.0 Å². The molecule has 0 unspecified atom stereocenters. The number of benzene rings is 1. The van der Waals surface area contributed by atoms with Gasteiger partial charge in [-0.2, -0.15) is 17.5 Å². The number of alkyl halides is 3. The molecule has 1 saturated heterocycles. The molecule has 0 aliphatic carbocycles. The highest BCUT2D eigenvalue weighted by Crippen LogP contribution is 2.30. The lowest BCUT2D eigenvalue weighted by atomic mass is 9.98. The number of nitrogens with zero attached hydrogens (tertiary/aromatic N) is 3. The summed E-state index contributed by atoms with van der Waals surface area (Å²) in [5, 5.41) is 4.24. The van der Waals surface area contributed by atoms with Gasteiger partial charge in [-0.1, -0.05) is 18.2 Å². The van der Waals surface area contributed by atoms with Gasteiger partial charge in [0.25, 0.3) is 0 Å². The zero-order valence-electron chi connectivity index (χ0n) is 17.2. The van der Waals surface area contributed by atoms with Gasteiger partial charge in [-0.25, -0.2) is 8.42 Å². The lowest BCUT2D eigenvalue weighted by Gasteiger charge is -2.32. The van der Waals surface area contributed by atoms with Gasteiger partial charge in [0.05, 0.1) is 6.54 Å². The molecule has 1 aromatic heterocycles. The summed E-state index contributed by atoms with van der Waals surface area (Å²) in [6.45, 7) is 0.719. The monoisotopic (exact) mass is 574 g/mol. The highest BCUT2D eigenvalue weighted by Gasteiger charge is 2.50. The second-order valence-corrected chi connectivity index (χ2v) is 9.26. The molecule has 1 aromatic carbocycles. The number of aliphatic imine (C=N–C) groups is 1. The molecule has 1 fully saturated rings. The van der Waals surface area contributed by atoms with E-state index in [9.17, 15) is 21.6 Å². The maximum absolute atomic E-state index is 12.7. The molecule has 1 aliphatic heterocycles. The number of hydrogen-bond donors (Lipinski definition) is 1. The van der Waals surface area contributed by atoms with Crippen LogP contribution in [0, 0.1) is 5.92 Å². The first-order valence-corrected chi connectivity index (χ1v) is 11.0. The Morgan fingerprint density at radius 3 is 2.52 bits per heavy atom. The predicted molar refractivity (Wildman–Crippen MR) is 124 cm³/mol. The summed E-state index contributed by atoms with van der Waals surface area (Å²) in [6.07, 6.45) is 0.708. The van der Waals surface area contributed by atoms with Gasteiger partial charge in [0.2, 0.25) is 0 Å². The molecule has 0 radical (unpaired) electrons. The van der Waals surface area contributed by atoms with Gasteiger partial charge in [-0.3, -0.25) is 4.99 Å². The topological polar surface area (TPSA) is 78.2 Å². The Morgan fingerprint density at radius 1 is 1.29 bits per heavy atom. The normalized spacial score (nSPS) is 16.9. The van der Waals surface area contributed by atoms with Crippen LogP contribution in [0.2, 0.25) is 0 Å². The first-order valence-electron chi connectivity index (χ1n) is 9.57. The molecular weight excluding hydrogens is 548 g/mol. The van der Waals surface area contributed by atoms with Crippen molar-refractivity contribution in [1.82, 2.24) is 14.5 Å². The van der Waals surface area contributed by atoms with Crippen LogP contribution in [0.4, 0.5) is 13.2 Å². The van der Waals surface area contributed by atoms with Crippen molar-refractivity contribution in [3.63, 3.8) is 0 Å². The molecule has 3 rings (SSSR count). The molecule has 31 heavy (non-hydrogen) atoms. The number of rotatable bonds is 5. The molecule has 7 nitrogen and oxygen atoms in total. The van der Waals surface area contributed by atoms with Gasteiger partial charge in [0.1, 0.15) is 11.3 Å². The lowest BCUT2D eigenvalue weighted by Crippen LogP contribution is -2.47. The summed E-state index contributed by atoms with van der Waals surface area (Å²) in [5.74, 6) is 1.47. The lowest BCUT2D eigenvalue weighted by molar-refractivity contribution is -0.0496. The second-order valence-electron chi connectivity index (χ2n) is 7.33. The fourth-order valence-electron chi connectivity index (χ4n) is 3.54. The summed E-state index contributed by atoms with van der Waals surface area (Å²) in [7, 11) is -1.74. The molecule has 0 saturated carbocycles. The van der Waals surface area contributed by atoms with E-state index in [0.29, 0.717) is 36.2 Å². The Balaban J connectivity index is 0.00000341. The van der Waals surface area contributed by atoms with Crippen molar-refractivity contribution in [3.05, 3.63) is 36.1 Å². The number of sulfonamides is 1. The molecule has 2 heterocycles. The van der Waals surface area contributed by atoms with Crippen molar-refractivity contribution in [3.8, 4) is 0 Å². The fraction of sp³-hybridized carbons (Fsp3) is 0.526. The Bertz CT molecular complexity index is 969. The number of piperidine rings is 1. The van der Waals surface area contributed by atoms with Crippen LogP contribution in [0.3, 0.4) is 0 Å². The zero-order chi connectivity index (χ0) is 21.9. The minimum atomic E-state index is -5.25. The quantitative estimate of drug-likeness (QED) is 0.336. The Kier molecular flexibility index (Phi) is 8.62. The molecular formula is C19H26F3IN4O3S. The van der Waals surface area contributed by atoms with Crippen LogP contribution in [0.5, 0.6) is 0 Å². The maximum Gasteiger partial charge on any atom is 0.511 e. The van der Waals surface area contributed by atoms with E-state index in [-0.39, 0.29) is 43.0 Å². The molecule has 0 spiro atoms. The van der Waals surface area contributed by atoms with Crippen LogP contribution in [-0.2, 0) is 16.6 Å². The highest BCUT2D eigenvalue weighted by atomic mass is 127. The van der Waals surface area contributed by atoms with Crippen LogP contribution in [0.15, 0.2) is 39.7 Å². The summed E-state index contributed by atoms with van der Waals surface area (Å²) < 4.78 is 67.4. The van der Waals surface area contributed by atoms with Crippen LogP contribution >= 0.6 is 24.0 Å². The van der Waals surface area contributed by atoms with Crippen LogP contribution in [0.1, 0.15) is 18.6 Å². The third kappa shape index (κ3) is 6.04. The molecule has 0 amide bonds. The molecule has 12 heteroatoms. The number of guanidine groups is 1. The van der Waals surface area contributed by atoms with Crippen molar-refractivity contribution in [2.75, 3.05) is 33.7 Å². The smallest absolute Gasteiger partial charge is 0.459 e. The number of halogens is 4. The van der Waals surface area contributed by atoms with Crippen molar-refractivity contribution >= 4 is 50.9 Å². The number of nitrogens with one attached hydrogen (secondary N) is 1. The van der Waals surface area contributed by atoms with E-state index in [4.69, 9.17) is 4.42 Å².